The number of rotatable bonds is 3. The van der Waals surface area contributed by atoms with Crippen LogP contribution in [0, 0.1) is 6.04 Å². The maximum Gasteiger partial charge on any atom is 0.407 e. The van der Waals surface area contributed by atoms with E-state index in [4.69, 9.17) is 4.74 Å². The van der Waals surface area contributed by atoms with E-state index in [9.17, 15) is 4.79 Å². The summed E-state index contributed by atoms with van der Waals surface area (Å²) >= 11 is 0. The van der Waals surface area contributed by atoms with Crippen LogP contribution in [0.25, 0.3) is 0 Å². The molecule has 1 fully saturated rings. The Kier molecular flexibility index (Phi) is 3.22. The van der Waals surface area contributed by atoms with Crippen molar-refractivity contribution in [1.82, 2.24) is 5.32 Å². The van der Waals surface area contributed by atoms with Crippen LogP contribution in [0.1, 0.15) is 24.8 Å². The molecule has 1 saturated carbocycles. The Labute approximate surface area is 89.4 Å². The summed E-state index contributed by atoms with van der Waals surface area (Å²) in [6, 6.07) is 10.8. The Balaban J connectivity index is 1.71. The van der Waals surface area contributed by atoms with E-state index in [1.165, 1.54) is 6.42 Å². The quantitative estimate of drug-likeness (QED) is 0.821. The van der Waals surface area contributed by atoms with Gasteiger partial charge in [0.1, 0.15) is 6.61 Å². The molecule has 0 heterocycles. The van der Waals surface area contributed by atoms with Crippen LogP contribution in [0.15, 0.2) is 30.3 Å². The number of hydrogen-bond acceptors (Lipinski definition) is 2. The van der Waals surface area contributed by atoms with Gasteiger partial charge in [-0.2, -0.15) is 0 Å². The number of benzene rings is 1. The van der Waals surface area contributed by atoms with Crippen LogP contribution in [0.4, 0.5) is 4.79 Å². The van der Waals surface area contributed by atoms with E-state index in [-0.39, 0.29) is 6.09 Å². The van der Waals surface area contributed by atoms with Gasteiger partial charge in [0.15, 0.2) is 0 Å². The Morgan fingerprint density at radius 2 is 2.00 bits per heavy atom. The Morgan fingerprint density at radius 1 is 1.27 bits per heavy atom. The summed E-state index contributed by atoms with van der Waals surface area (Å²) in [7, 11) is 0. The first-order valence-electron chi connectivity index (χ1n) is 5.17. The number of nitrogens with one attached hydrogen (secondary N) is 1. The van der Waals surface area contributed by atoms with Gasteiger partial charge in [-0.3, -0.25) is 0 Å². The molecule has 79 valence electrons. The number of hydrogen-bond donors (Lipinski definition) is 1. The van der Waals surface area contributed by atoms with Gasteiger partial charge in [-0.15, -0.1) is 0 Å². The van der Waals surface area contributed by atoms with E-state index < -0.39 is 0 Å². The van der Waals surface area contributed by atoms with E-state index in [2.05, 4.69) is 5.32 Å². The van der Waals surface area contributed by atoms with E-state index in [0.717, 1.165) is 24.4 Å². The first-order chi connectivity index (χ1) is 7.34. The van der Waals surface area contributed by atoms with Gasteiger partial charge in [-0.1, -0.05) is 30.3 Å². The average molecular weight is 204 g/mol. The van der Waals surface area contributed by atoms with Gasteiger partial charge in [-0.25, -0.2) is 4.79 Å². The summed E-state index contributed by atoms with van der Waals surface area (Å²) < 4.78 is 5.06. The van der Waals surface area contributed by atoms with Gasteiger partial charge < -0.3 is 10.1 Å². The third-order valence-electron chi connectivity index (χ3n) is 2.45. The zero-order chi connectivity index (χ0) is 10.5. The van der Waals surface area contributed by atoms with Crippen molar-refractivity contribution < 1.29 is 9.53 Å². The fourth-order valence-electron chi connectivity index (χ4n) is 1.38. The lowest BCUT2D eigenvalue weighted by Gasteiger charge is -2.24. The maximum absolute atomic E-state index is 11.3. The molecule has 1 aromatic carbocycles. The third-order valence-corrected chi connectivity index (χ3v) is 2.45. The van der Waals surface area contributed by atoms with Crippen LogP contribution in [0.3, 0.4) is 0 Å². The van der Waals surface area contributed by atoms with E-state index in [0.29, 0.717) is 6.61 Å². The van der Waals surface area contributed by atoms with Crippen LogP contribution in [0.2, 0.25) is 0 Å². The zero-order valence-corrected chi connectivity index (χ0v) is 8.53. The molecule has 0 saturated heterocycles. The van der Waals surface area contributed by atoms with Gasteiger partial charge in [0.2, 0.25) is 0 Å². The average Bonchev–Trinajstić information content (AvgIpc) is 2.22. The second-order valence-corrected chi connectivity index (χ2v) is 3.64. The molecular formula is C12H14NO2. The fourth-order valence-corrected chi connectivity index (χ4v) is 1.38. The minimum atomic E-state index is -0.339. The van der Waals surface area contributed by atoms with E-state index >= 15 is 0 Å². The van der Waals surface area contributed by atoms with Gasteiger partial charge in [0.25, 0.3) is 0 Å². The second kappa shape index (κ2) is 4.82. The molecule has 3 nitrogen and oxygen atoms in total. The summed E-state index contributed by atoms with van der Waals surface area (Å²) in [4.78, 5) is 11.3. The van der Waals surface area contributed by atoms with E-state index in [1.807, 2.05) is 30.3 Å². The van der Waals surface area contributed by atoms with Crippen LogP contribution in [-0.2, 0) is 11.3 Å². The summed E-state index contributed by atoms with van der Waals surface area (Å²) in [5.41, 5.74) is 1.01. The second-order valence-electron chi connectivity index (χ2n) is 3.64. The smallest absolute Gasteiger partial charge is 0.407 e. The molecule has 1 aromatic rings. The van der Waals surface area contributed by atoms with Crippen molar-refractivity contribution in [3.63, 3.8) is 0 Å². The molecule has 1 aliphatic rings. The van der Waals surface area contributed by atoms with Crippen molar-refractivity contribution in [2.45, 2.75) is 25.9 Å². The molecule has 0 bridgehead atoms. The molecule has 1 N–H and O–H groups in total. The number of carbonyl (C=O) groups excluding carboxylic acids is 1. The van der Waals surface area contributed by atoms with Crippen LogP contribution in [0.5, 0.6) is 0 Å². The topological polar surface area (TPSA) is 38.3 Å². The fraction of sp³-hybridized carbons (Fsp3) is 0.333. The molecule has 1 amide bonds. The third kappa shape index (κ3) is 2.98. The number of amides is 1. The molecule has 0 atom stereocenters. The summed E-state index contributed by atoms with van der Waals surface area (Å²) in [6.45, 7) is 0.333. The van der Waals surface area contributed by atoms with Crippen molar-refractivity contribution in [2.24, 2.45) is 0 Å². The standard InChI is InChI=1S/C12H14NO2/c14-12(13-11-7-4-8-11)15-9-10-5-2-1-3-6-10/h1-3,5-6H,4,7-9H2,(H,13,14). The van der Waals surface area contributed by atoms with Gasteiger partial charge in [0.05, 0.1) is 6.04 Å². The predicted molar refractivity (Wildman–Crippen MR) is 56.9 cm³/mol. The predicted octanol–water partition coefficient (Wildman–Crippen LogP) is 2.63. The Bertz CT molecular complexity index is 320. The van der Waals surface area contributed by atoms with Gasteiger partial charge in [-0.05, 0) is 24.8 Å². The molecule has 0 aliphatic heterocycles. The molecule has 1 aliphatic carbocycles. The van der Waals surface area contributed by atoms with Crippen molar-refractivity contribution in [1.29, 1.82) is 0 Å². The molecule has 0 aromatic heterocycles. The lowest BCUT2D eigenvalue weighted by atomic mass is 9.93. The van der Waals surface area contributed by atoms with Gasteiger partial charge in [0, 0.05) is 0 Å². The highest BCUT2D eigenvalue weighted by Gasteiger charge is 2.20. The molecule has 15 heavy (non-hydrogen) atoms. The lowest BCUT2D eigenvalue weighted by molar-refractivity contribution is 0.137. The first-order valence-corrected chi connectivity index (χ1v) is 5.17. The zero-order valence-electron chi connectivity index (χ0n) is 8.53. The Morgan fingerprint density at radius 3 is 2.60 bits per heavy atom. The SMILES string of the molecule is O=C(N[C]1CCC1)OCc1ccccc1. The van der Waals surface area contributed by atoms with Crippen molar-refractivity contribution in [3.8, 4) is 0 Å². The van der Waals surface area contributed by atoms with Gasteiger partial charge >= 0.3 is 6.09 Å². The molecule has 3 heteroatoms. The minimum absolute atomic E-state index is 0.333. The largest absolute Gasteiger partial charge is 0.445 e. The molecule has 0 unspecified atom stereocenters. The summed E-state index contributed by atoms with van der Waals surface area (Å²) in [5.74, 6) is 0. The highest BCUT2D eigenvalue weighted by molar-refractivity contribution is 5.69. The Hall–Kier alpha value is -1.51. The van der Waals surface area contributed by atoms with Crippen LogP contribution in [-0.4, -0.2) is 6.09 Å². The lowest BCUT2D eigenvalue weighted by Crippen LogP contribution is -2.32. The molecular weight excluding hydrogens is 190 g/mol. The summed E-state index contributed by atoms with van der Waals surface area (Å²) in [5, 5.41) is 2.74. The van der Waals surface area contributed by atoms with Crippen molar-refractivity contribution >= 4 is 6.09 Å². The normalized spacial score (nSPS) is 15.5. The van der Waals surface area contributed by atoms with E-state index in [1.54, 1.807) is 0 Å². The molecule has 0 spiro atoms. The van der Waals surface area contributed by atoms with Crippen LogP contribution >= 0.6 is 0 Å². The molecule has 1 radical (unpaired) electrons. The maximum atomic E-state index is 11.3. The highest BCUT2D eigenvalue weighted by atomic mass is 16.5. The number of ether oxygens (including phenoxy) is 1. The highest BCUT2D eigenvalue weighted by Crippen LogP contribution is 2.25. The van der Waals surface area contributed by atoms with Crippen LogP contribution < -0.4 is 5.32 Å². The number of carbonyl (C=O) groups is 1. The van der Waals surface area contributed by atoms with Crippen molar-refractivity contribution in [2.75, 3.05) is 0 Å². The monoisotopic (exact) mass is 204 g/mol. The minimum Gasteiger partial charge on any atom is -0.445 e. The molecule has 2 rings (SSSR count). The summed E-state index contributed by atoms with van der Waals surface area (Å²) in [6.07, 6.45) is 2.84. The first kappa shape index (κ1) is 10.0. The number of alkyl carbamates (subject to hydrolysis) is 1. The van der Waals surface area contributed by atoms with Crippen molar-refractivity contribution in [3.05, 3.63) is 41.9 Å².